The van der Waals surface area contributed by atoms with E-state index >= 15 is 0 Å². The van der Waals surface area contributed by atoms with Gasteiger partial charge in [-0.1, -0.05) is 46.3 Å². The van der Waals surface area contributed by atoms with Gasteiger partial charge in [-0.25, -0.2) is 4.39 Å². The highest BCUT2D eigenvalue weighted by molar-refractivity contribution is 9.10. The van der Waals surface area contributed by atoms with Crippen LogP contribution in [0.4, 0.5) is 10.1 Å². The van der Waals surface area contributed by atoms with Gasteiger partial charge in [0.1, 0.15) is 12.4 Å². The molecule has 21 heavy (non-hydrogen) atoms. The number of rotatable bonds is 3. The van der Waals surface area contributed by atoms with Gasteiger partial charge in [0, 0.05) is 10.0 Å². The third-order valence-corrected chi connectivity index (χ3v) is 4.84. The van der Waals surface area contributed by atoms with Gasteiger partial charge < -0.3 is 9.80 Å². The molecule has 110 valence electrons. The maximum absolute atomic E-state index is 13.8. The minimum absolute atomic E-state index is 0.119. The lowest BCUT2D eigenvalue weighted by molar-refractivity contribution is -0.914. The van der Waals surface area contributed by atoms with E-state index in [-0.39, 0.29) is 5.82 Å². The number of piperazine rings is 1. The first-order valence-corrected chi connectivity index (χ1v) is 8.10. The molecule has 1 aliphatic heterocycles. The molecule has 0 atom stereocenters. The number of halogens is 2. The minimum Gasteiger partial charge on any atom is -0.358 e. The van der Waals surface area contributed by atoms with Crippen molar-refractivity contribution in [1.29, 1.82) is 0 Å². The van der Waals surface area contributed by atoms with Crippen LogP contribution in [0.1, 0.15) is 5.56 Å². The Hall–Kier alpha value is -1.39. The van der Waals surface area contributed by atoms with Gasteiger partial charge in [0.05, 0.1) is 31.9 Å². The number of quaternary nitrogens is 1. The Morgan fingerprint density at radius 1 is 1.00 bits per heavy atom. The van der Waals surface area contributed by atoms with E-state index in [1.165, 1.54) is 16.1 Å². The largest absolute Gasteiger partial charge is 0.358 e. The second-order valence-electron chi connectivity index (χ2n) is 5.46. The molecule has 1 fully saturated rings. The molecule has 3 rings (SSSR count). The predicted octanol–water partition coefficient (Wildman–Crippen LogP) is 2.49. The highest BCUT2D eigenvalue weighted by atomic mass is 79.9. The maximum Gasteiger partial charge on any atom is 0.146 e. The molecule has 0 spiro atoms. The molecule has 0 bridgehead atoms. The molecule has 0 aliphatic carbocycles. The fourth-order valence-corrected chi connectivity index (χ4v) is 3.28. The Bertz CT molecular complexity index is 609. The molecular weight excluding hydrogens is 331 g/mol. The topological polar surface area (TPSA) is 7.68 Å². The van der Waals surface area contributed by atoms with Crippen LogP contribution in [0.5, 0.6) is 0 Å². The number of para-hydroxylation sites is 1. The van der Waals surface area contributed by atoms with E-state index < -0.39 is 0 Å². The Morgan fingerprint density at radius 2 is 1.67 bits per heavy atom. The van der Waals surface area contributed by atoms with Crippen LogP contribution in [0.3, 0.4) is 0 Å². The number of benzene rings is 2. The average molecular weight is 350 g/mol. The molecule has 1 heterocycles. The molecule has 0 radical (unpaired) electrons. The fourth-order valence-electron chi connectivity index (χ4n) is 2.86. The minimum atomic E-state index is -0.119. The van der Waals surface area contributed by atoms with Gasteiger partial charge in [-0.2, -0.15) is 0 Å². The summed E-state index contributed by atoms with van der Waals surface area (Å²) < 4.78 is 15.0. The van der Waals surface area contributed by atoms with Crippen LogP contribution >= 0.6 is 15.9 Å². The lowest BCUT2D eigenvalue weighted by Gasteiger charge is -2.34. The van der Waals surface area contributed by atoms with E-state index in [2.05, 4.69) is 39.0 Å². The number of nitrogens with one attached hydrogen (secondary N) is 1. The zero-order valence-corrected chi connectivity index (χ0v) is 13.4. The SMILES string of the molecule is Fc1ccccc1N1CC[NH+](Cc2ccccc2Br)CC1. The molecule has 1 N–H and O–H groups in total. The molecule has 0 amide bonds. The van der Waals surface area contributed by atoms with Crippen LogP contribution in [0, 0.1) is 5.82 Å². The van der Waals surface area contributed by atoms with Crippen molar-refractivity contribution in [2.75, 3.05) is 31.1 Å². The van der Waals surface area contributed by atoms with Crippen molar-refractivity contribution in [2.24, 2.45) is 0 Å². The standard InChI is InChI=1S/C17H18BrFN2/c18-15-6-2-1-5-14(15)13-20-9-11-21(12-10-20)17-8-4-3-7-16(17)19/h1-8H,9-13H2/p+1. The predicted molar refractivity (Wildman–Crippen MR) is 87.2 cm³/mol. The second kappa shape index (κ2) is 6.58. The number of hydrogen-bond donors (Lipinski definition) is 1. The number of nitrogens with zero attached hydrogens (tertiary/aromatic N) is 1. The zero-order valence-electron chi connectivity index (χ0n) is 11.9. The average Bonchev–Trinajstić information content (AvgIpc) is 2.51. The molecular formula is C17H19BrFN2+. The van der Waals surface area contributed by atoms with E-state index in [0.717, 1.165) is 38.4 Å². The molecule has 0 aromatic heterocycles. The highest BCUT2D eigenvalue weighted by Crippen LogP contribution is 2.18. The monoisotopic (exact) mass is 349 g/mol. The van der Waals surface area contributed by atoms with Gasteiger partial charge in [-0.3, -0.25) is 0 Å². The van der Waals surface area contributed by atoms with Crippen molar-refractivity contribution in [3.05, 3.63) is 64.4 Å². The van der Waals surface area contributed by atoms with Gasteiger partial charge in [0.2, 0.25) is 0 Å². The summed E-state index contributed by atoms with van der Waals surface area (Å²) in [5, 5.41) is 0. The maximum atomic E-state index is 13.8. The first kappa shape index (κ1) is 14.5. The molecule has 1 aliphatic rings. The van der Waals surface area contributed by atoms with Crippen molar-refractivity contribution in [2.45, 2.75) is 6.54 Å². The van der Waals surface area contributed by atoms with Gasteiger partial charge in [-0.05, 0) is 18.2 Å². The van der Waals surface area contributed by atoms with Crippen molar-refractivity contribution in [3.8, 4) is 0 Å². The van der Waals surface area contributed by atoms with E-state index in [0.29, 0.717) is 0 Å². The van der Waals surface area contributed by atoms with Crippen molar-refractivity contribution in [1.82, 2.24) is 0 Å². The van der Waals surface area contributed by atoms with Crippen LogP contribution in [0.2, 0.25) is 0 Å². The molecule has 4 heteroatoms. The highest BCUT2D eigenvalue weighted by Gasteiger charge is 2.22. The Balaban J connectivity index is 1.61. The lowest BCUT2D eigenvalue weighted by atomic mass is 10.2. The summed E-state index contributed by atoms with van der Waals surface area (Å²) in [5.74, 6) is -0.119. The zero-order chi connectivity index (χ0) is 14.7. The molecule has 2 aromatic carbocycles. The smallest absolute Gasteiger partial charge is 0.146 e. The summed E-state index contributed by atoms with van der Waals surface area (Å²) in [7, 11) is 0. The van der Waals surface area contributed by atoms with Gasteiger partial charge in [0.25, 0.3) is 0 Å². The quantitative estimate of drug-likeness (QED) is 0.894. The summed E-state index contributed by atoms with van der Waals surface area (Å²) in [5.41, 5.74) is 2.07. The third-order valence-electron chi connectivity index (χ3n) is 4.06. The molecule has 0 unspecified atom stereocenters. The van der Waals surface area contributed by atoms with Crippen molar-refractivity contribution < 1.29 is 9.29 Å². The van der Waals surface area contributed by atoms with Crippen LogP contribution in [0.25, 0.3) is 0 Å². The van der Waals surface area contributed by atoms with E-state index in [1.54, 1.807) is 11.0 Å². The third kappa shape index (κ3) is 3.44. The first-order chi connectivity index (χ1) is 10.2. The fraction of sp³-hybridized carbons (Fsp3) is 0.294. The Morgan fingerprint density at radius 3 is 2.38 bits per heavy atom. The summed E-state index contributed by atoms with van der Waals surface area (Å²) in [4.78, 5) is 3.70. The summed E-state index contributed by atoms with van der Waals surface area (Å²) in [6.45, 7) is 4.90. The van der Waals surface area contributed by atoms with Crippen LogP contribution < -0.4 is 9.80 Å². The molecule has 2 aromatic rings. The molecule has 1 saturated heterocycles. The van der Waals surface area contributed by atoms with Crippen LogP contribution in [-0.2, 0) is 6.54 Å². The Labute approximate surface area is 133 Å². The summed E-state index contributed by atoms with van der Waals surface area (Å²) in [6.07, 6.45) is 0. The van der Waals surface area contributed by atoms with E-state index in [4.69, 9.17) is 0 Å². The van der Waals surface area contributed by atoms with Crippen molar-refractivity contribution >= 4 is 21.6 Å². The van der Waals surface area contributed by atoms with E-state index in [1.807, 2.05) is 18.2 Å². The normalized spacial score (nSPS) is 16.2. The van der Waals surface area contributed by atoms with Gasteiger partial charge >= 0.3 is 0 Å². The molecule has 0 saturated carbocycles. The van der Waals surface area contributed by atoms with Crippen LogP contribution in [0.15, 0.2) is 53.0 Å². The second-order valence-corrected chi connectivity index (χ2v) is 6.31. The van der Waals surface area contributed by atoms with Crippen LogP contribution in [-0.4, -0.2) is 26.2 Å². The van der Waals surface area contributed by atoms with Gasteiger partial charge in [0.15, 0.2) is 0 Å². The number of anilines is 1. The van der Waals surface area contributed by atoms with E-state index in [9.17, 15) is 4.39 Å². The van der Waals surface area contributed by atoms with Crippen molar-refractivity contribution in [3.63, 3.8) is 0 Å². The molecule has 2 nitrogen and oxygen atoms in total. The first-order valence-electron chi connectivity index (χ1n) is 7.30. The summed E-state index contributed by atoms with van der Waals surface area (Å²) in [6, 6.07) is 15.4. The lowest BCUT2D eigenvalue weighted by Crippen LogP contribution is -3.13. The van der Waals surface area contributed by atoms with Gasteiger partial charge in [-0.15, -0.1) is 0 Å². The summed E-state index contributed by atoms with van der Waals surface area (Å²) >= 11 is 3.61. The Kier molecular flexibility index (Phi) is 4.56. The number of hydrogen-bond acceptors (Lipinski definition) is 1.